The number of unbranched alkanes of at least 4 members (excludes halogenated alkanes) is 3. The molecule has 712 valence electrons. The summed E-state index contributed by atoms with van der Waals surface area (Å²) in [5.41, 5.74) is 2.61. The number of hydrogen-bond donors (Lipinski definition) is 25. The molecule has 7 aromatic rings. The Bertz CT molecular complexity index is 5600. The molecule has 9 aliphatic heterocycles. The van der Waals surface area contributed by atoms with Gasteiger partial charge in [0, 0.05) is 48.6 Å². The summed E-state index contributed by atoms with van der Waals surface area (Å²) in [5, 5.41) is 201. The van der Waals surface area contributed by atoms with Crippen LogP contribution in [-0.2, 0) is 68.5 Å². The molecule has 0 saturated carbocycles. The van der Waals surface area contributed by atoms with Gasteiger partial charge in [-0.2, -0.15) is 0 Å². The van der Waals surface area contributed by atoms with Gasteiger partial charge in [0.05, 0.1) is 23.3 Å². The van der Waals surface area contributed by atoms with Crippen LogP contribution in [0.2, 0.25) is 10.0 Å². The maximum absolute atomic E-state index is 17.0. The molecule has 43 nitrogen and oxygen atoms in total. The van der Waals surface area contributed by atoms with Gasteiger partial charge in [0.25, 0.3) is 0 Å². The number of phenols is 4. The van der Waals surface area contributed by atoms with Crippen molar-refractivity contribution in [2.45, 2.75) is 212 Å². The van der Waals surface area contributed by atoms with E-state index in [4.69, 9.17) is 71.6 Å². The lowest BCUT2D eigenvalue weighted by Gasteiger charge is -2.44. The second-order valence-corrected chi connectivity index (χ2v) is 34.2. The van der Waals surface area contributed by atoms with Crippen LogP contribution >= 0.6 is 23.2 Å². The number of nitrogens with two attached hydrogens (primary N) is 1. The van der Waals surface area contributed by atoms with Crippen LogP contribution in [0.3, 0.4) is 0 Å². The van der Waals surface area contributed by atoms with Gasteiger partial charge in [0.15, 0.2) is 41.6 Å². The van der Waals surface area contributed by atoms with Crippen molar-refractivity contribution >= 4 is 76.4 Å². The first-order valence-corrected chi connectivity index (χ1v) is 42.8. The second-order valence-electron chi connectivity index (χ2n) is 33.3. The third-order valence-corrected chi connectivity index (χ3v) is 24.0. The first-order chi connectivity index (χ1) is 63.2. The molecule has 0 radical (unpaired) electrons. The molecule has 0 aromatic heterocycles. The summed E-state index contributed by atoms with van der Waals surface area (Å²) in [5.74, 6) is -19.8. The van der Waals surface area contributed by atoms with Crippen LogP contribution in [-0.4, -0.2) is 259 Å². The summed E-state index contributed by atoms with van der Waals surface area (Å²) in [6.45, 7) is 2.93. The van der Waals surface area contributed by atoms with Crippen molar-refractivity contribution in [3.05, 3.63) is 164 Å². The zero-order chi connectivity index (χ0) is 95.7. The molecule has 0 aliphatic carbocycles. The maximum Gasteiger partial charge on any atom is 0.330 e. The SMILES string of the molecule is CC(=O)N[C@H]1[C@H](O[C@@H]2c3ccc(c(Cl)c3)Oc3cc4cc(c3O[C@@H]3O[C@H](C(O)O)[C@@H](O)[C@H](O)[C@H]3NC(=O)CCCCCCC(C)C)Oc3ccc(cc3Cl)C[C@H]3NC(=O)[C@H](N)c5ccc(O)c(c5)Oc5cc(O)cc(c5)[C@H](NC3=O)C(=O)N[C@H]4C(=O)N[C@H]3C(=O)N[C@@H]2C(=O)N[C@H](C(=O)O)c2cc(O)cc(O[C@H]4O[C@H](CO)[C@@H](O)[C@H](O)[C@@H]4O)c2-c2cc3ccc2O)O[C@H](CO)[C@@H](O)[C@@H]1O. The van der Waals surface area contributed by atoms with Gasteiger partial charge >= 0.3 is 5.97 Å². The number of aliphatic hydroxyl groups is 11. The Hall–Kier alpha value is -12.1. The van der Waals surface area contributed by atoms with E-state index >= 15 is 24.0 Å². The first-order valence-electron chi connectivity index (χ1n) is 42.1. The number of fused-ring (bicyclic) bond motifs is 14. The van der Waals surface area contributed by atoms with Gasteiger partial charge in [-0.25, -0.2) is 4.79 Å². The third kappa shape index (κ3) is 21.1. The molecule has 0 unspecified atom stereocenters. The molecular weight excluding hydrogens is 1800 g/mol. The van der Waals surface area contributed by atoms with Crippen LogP contribution < -0.4 is 72.0 Å². The Morgan fingerprint density at radius 2 is 1.10 bits per heavy atom. The maximum atomic E-state index is 17.0. The van der Waals surface area contributed by atoms with Crippen molar-refractivity contribution in [2.24, 2.45) is 11.7 Å². The van der Waals surface area contributed by atoms with Crippen molar-refractivity contribution in [1.82, 2.24) is 42.5 Å². The molecule has 9 aliphatic rings. The highest BCUT2D eigenvalue weighted by Crippen LogP contribution is 2.51. The highest BCUT2D eigenvalue weighted by Gasteiger charge is 2.53. The number of aliphatic carboxylic acids is 1. The van der Waals surface area contributed by atoms with Crippen molar-refractivity contribution in [2.75, 3.05) is 13.2 Å². The molecule has 133 heavy (non-hydrogen) atoms. The predicted molar refractivity (Wildman–Crippen MR) is 454 cm³/mol. The lowest BCUT2D eigenvalue weighted by molar-refractivity contribution is -0.286. The summed E-state index contributed by atoms with van der Waals surface area (Å²) in [6.07, 6.45) is -30.0. The number of nitrogens with one attached hydrogen (secondary N) is 8. The third-order valence-electron chi connectivity index (χ3n) is 23.4. The summed E-state index contributed by atoms with van der Waals surface area (Å²) in [6, 6.07) is -0.0240. The zero-order valence-corrected chi connectivity index (χ0v) is 72.1. The van der Waals surface area contributed by atoms with Gasteiger partial charge in [-0.05, 0) is 125 Å². The molecule has 17 bridgehead atoms. The molecule has 3 saturated heterocycles. The number of ether oxygens (including phenoxy) is 9. The number of carbonyl (C=O) groups excluding carboxylic acids is 8. The Morgan fingerprint density at radius 1 is 0.519 bits per heavy atom. The van der Waals surface area contributed by atoms with Crippen molar-refractivity contribution in [3.63, 3.8) is 0 Å². The quantitative estimate of drug-likeness (QED) is 0.0383. The van der Waals surface area contributed by atoms with Gasteiger partial charge in [0.2, 0.25) is 65.6 Å². The lowest BCUT2D eigenvalue weighted by atomic mass is 9.89. The number of phenolic OH excluding ortho intramolecular Hbond substituents is 4. The lowest BCUT2D eigenvalue weighted by Crippen LogP contribution is -2.66. The van der Waals surface area contributed by atoms with Crippen LogP contribution in [0, 0.1) is 5.92 Å². The molecular formula is C88H97Cl2N9O34. The zero-order valence-electron chi connectivity index (χ0n) is 70.6. The minimum atomic E-state index is -2.65. The van der Waals surface area contributed by atoms with E-state index in [1.165, 1.54) is 30.3 Å². The highest BCUT2D eigenvalue weighted by molar-refractivity contribution is 6.32. The molecule has 8 amide bonds. The van der Waals surface area contributed by atoms with E-state index in [2.05, 4.69) is 56.4 Å². The van der Waals surface area contributed by atoms with Gasteiger partial charge in [-0.1, -0.05) is 87.0 Å². The predicted octanol–water partition coefficient (Wildman–Crippen LogP) is 0.338. The van der Waals surface area contributed by atoms with E-state index in [0.717, 1.165) is 111 Å². The number of rotatable bonds is 19. The monoisotopic (exact) mass is 1890 g/mol. The van der Waals surface area contributed by atoms with Crippen LogP contribution in [0.25, 0.3) is 11.1 Å². The van der Waals surface area contributed by atoms with Crippen LogP contribution in [0.1, 0.15) is 135 Å². The van der Waals surface area contributed by atoms with Crippen LogP contribution in [0.4, 0.5) is 0 Å². The van der Waals surface area contributed by atoms with E-state index in [-0.39, 0.29) is 39.8 Å². The topological polar surface area (TPSA) is 683 Å². The fraction of sp³-hybridized carbons (Fsp3) is 0.420. The van der Waals surface area contributed by atoms with Crippen LogP contribution in [0.5, 0.6) is 69.0 Å². The molecule has 23 atom stereocenters. The summed E-state index contributed by atoms with van der Waals surface area (Å²) < 4.78 is 57.2. The fourth-order valence-electron chi connectivity index (χ4n) is 16.5. The average Bonchev–Trinajstić information content (AvgIpc) is 0.753. The molecule has 0 spiro atoms. The van der Waals surface area contributed by atoms with Gasteiger partial charge in [0.1, 0.15) is 156 Å². The van der Waals surface area contributed by atoms with Crippen molar-refractivity contribution in [3.8, 4) is 80.1 Å². The second kappa shape index (κ2) is 40.8. The van der Waals surface area contributed by atoms with E-state index < -0.39 is 315 Å². The highest BCUT2D eigenvalue weighted by atomic mass is 35.5. The smallest absolute Gasteiger partial charge is 0.330 e. The number of aliphatic hydroxyl groups excluding tert-OH is 10. The Labute approximate surface area is 764 Å². The number of carboxylic acid groups (broad SMARTS) is 1. The summed E-state index contributed by atoms with van der Waals surface area (Å²) >= 11 is 14.7. The van der Waals surface area contributed by atoms with Gasteiger partial charge in [-0.15, -0.1) is 0 Å². The van der Waals surface area contributed by atoms with E-state index in [1.807, 2.05) is 0 Å². The average molecular weight is 1900 g/mol. The number of hydrogen-bond acceptors (Lipinski definition) is 34. The van der Waals surface area contributed by atoms with Crippen LogP contribution in [0.15, 0.2) is 115 Å². The van der Waals surface area contributed by atoms with Crippen molar-refractivity contribution in [1.29, 1.82) is 0 Å². The molecule has 3 fully saturated rings. The largest absolute Gasteiger partial charge is 0.508 e. The standard InChI is InChI=1S/C88H97Cl2N9O34/c1-32(2)8-6-4-5-7-9-58(107)94-66-71(111)73(113)77(85(123)124)133-87(66)132-76-54-25-39-26-55(76)127-51-17-13-37(23-46(51)90)75(131-86-65(92-33(3)102)70(110)68(108)56(30-100)129-86)67-83(120)98-64(84(121)122)44-28-41(104)29-53(128-88-74(114)72(112)69(109)57(31-101)130-88)59(44)43-22-36(12-14-48(43)105)61(80(117)99-67)96-82(119)63(39)97-81(118)62-38-20-40(103)27-42(21-38)125-52-24-35(11-15-49(52)106)60(91)79(116)93-47(78(115)95-62)19-34-10-16-50(126-54)45(89)18-34/h10-18,20-29,32,47,56-57,60-75,77,85-88,100-101,103-106,108-114,123-124H,4-9,19,30-31,91H2,1-3H3,(H,92,102)(H,93,116)(H,94,107)(H,95,115)(H,96,119)(H,97,118)(H,98,120)(H,99,117)(H,121,122)/t47-,56-,57-,60-,61-,62+,63-,64+,65-,66-,67+,68-,69-,70-,71-,72+,73+,74+,75-,77+,86+,87-,88+/m1/s1. The Balaban J connectivity index is 1.04. The summed E-state index contributed by atoms with van der Waals surface area (Å²) in [4.78, 5) is 138. The molecule has 16 rings (SSSR count). The normalized spacial score (nSPS) is 28.8. The number of amides is 8. The fourth-order valence-corrected chi connectivity index (χ4v) is 17.0. The molecule has 7 aromatic carbocycles. The summed E-state index contributed by atoms with van der Waals surface area (Å²) in [7, 11) is 0. The van der Waals surface area contributed by atoms with Gasteiger partial charge < -0.3 is 173 Å². The number of halogens is 2. The molecule has 26 N–H and O–H groups in total. The molecule has 9 heterocycles. The van der Waals surface area contributed by atoms with E-state index in [1.54, 1.807) is 0 Å². The first kappa shape index (κ1) is 96.9. The van der Waals surface area contributed by atoms with Gasteiger partial charge in [-0.3, -0.25) is 38.4 Å². The van der Waals surface area contributed by atoms with E-state index in [0.29, 0.717) is 18.8 Å². The minimum absolute atomic E-state index is 0.0152. The number of aromatic hydroxyl groups is 4. The Morgan fingerprint density at radius 3 is 1.74 bits per heavy atom. The van der Waals surface area contributed by atoms with E-state index in [9.17, 15) is 101 Å². The minimum Gasteiger partial charge on any atom is -0.508 e. The number of benzene rings is 7. The Kier molecular flexibility index (Phi) is 29.7. The van der Waals surface area contributed by atoms with Crippen molar-refractivity contribution < 1.29 is 167 Å². The number of carboxylic acids is 1. The number of carbonyl (C=O) groups is 9. The molecule has 45 heteroatoms.